The fraction of sp³-hybridized carbons (Fsp3) is 0.308. The van der Waals surface area contributed by atoms with Gasteiger partial charge in [-0.15, -0.1) is 0 Å². The minimum absolute atomic E-state index is 0.0249. The Hall–Kier alpha value is -3.68. The lowest BCUT2D eigenvalue weighted by Gasteiger charge is -2.40. The average Bonchev–Trinajstić information content (AvgIpc) is 3.28. The molecular weight excluding hydrogens is 438 g/mol. The van der Waals surface area contributed by atoms with Crippen molar-refractivity contribution in [3.05, 3.63) is 82.4 Å². The number of methoxy groups -OCH3 is 1. The number of imidazole rings is 1. The van der Waals surface area contributed by atoms with Crippen molar-refractivity contribution in [1.82, 2.24) is 14.5 Å². The number of benzene rings is 2. The van der Waals surface area contributed by atoms with Crippen LogP contribution in [0.5, 0.6) is 5.75 Å². The lowest BCUT2D eigenvalue weighted by atomic mass is 9.95. The number of piperidine rings is 1. The van der Waals surface area contributed by atoms with Crippen molar-refractivity contribution in [1.29, 1.82) is 0 Å². The van der Waals surface area contributed by atoms with Crippen molar-refractivity contribution in [2.75, 3.05) is 20.3 Å². The topological polar surface area (TPSA) is 51.9 Å². The SMILES string of the molecule is COc1cc(/C=C2\CCCN3C2=NOC[C@@H]3c2cc(F)c(C)c(F)c2)ccc1-n1cnc(C)c1. The number of hydrogen-bond donors (Lipinski definition) is 0. The van der Waals surface area contributed by atoms with Crippen molar-refractivity contribution in [3.8, 4) is 11.4 Å². The molecule has 2 aliphatic heterocycles. The number of nitrogens with zero attached hydrogens (tertiary/aromatic N) is 4. The molecule has 5 rings (SSSR count). The van der Waals surface area contributed by atoms with E-state index in [0.717, 1.165) is 47.7 Å². The summed E-state index contributed by atoms with van der Waals surface area (Å²) >= 11 is 0. The lowest BCUT2D eigenvalue weighted by molar-refractivity contribution is 0.0572. The Kier molecular flexibility index (Phi) is 5.81. The molecule has 176 valence electrons. The molecule has 2 aromatic carbocycles. The van der Waals surface area contributed by atoms with Gasteiger partial charge in [-0.3, -0.25) is 0 Å². The van der Waals surface area contributed by atoms with Crippen LogP contribution in [0.4, 0.5) is 8.78 Å². The molecule has 0 aliphatic carbocycles. The second kappa shape index (κ2) is 8.93. The molecule has 0 spiro atoms. The molecule has 3 aromatic rings. The largest absolute Gasteiger partial charge is 0.495 e. The van der Waals surface area contributed by atoms with E-state index in [9.17, 15) is 8.78 Å². The Balaban J connectivity index is 1.46. The van der Waals surface area contributed by atoms with E-state index < -0.39 is 11.6 Å². The maximum absolute atomic E-state index is 14.3. The fourth-order valence-electron chi connectivity index (χ4n) is 4.54. The Bertz CT molecular complexity index is 1270. The van der Waals surface area contributed by atoms with Gasteiger partial charge < -0.3 is 19.0 Å². The Morgan fingerprint density at radius 3 is 2.65 bits per heavy atom. The standard InChI is InChI=1S/C26H26F2N4O2/c1-16-13-31(15-29-16)23-7-6-18(10-25(23)33-3)9-19-5-4-8-32-24(14-34-30-26(19)32)20-11-21(27)17(2)22(28)12-20/h6-7,9-13,15,24H,4-5,8,14H2,1-3H3/b19-9+/t24-/m1/s1. The maximum Gasteiger partial charge on any atom is 0.172 e. The number of halogens is 2. The quantitative estimate of drug-likeness (QED) is 0.523. The third-order valence-corrected chi connectivity index (χ3v) is 6.39. The number of ether oxygens (including phenoxy) is 1. The van der Waals surface area contributed by atoms with Gasteiger partial charge in [-0.25, -0.2) is 13.8 Å². The molecule has 0 saturated carbocycles. The van der Waals surface area contributed by atoms with Crippen LogP contribution < -0.4 is 4.74 Å². The van der Waals surface area contributed by atoms with Gasteiger partial charge in [0, 0.05) is 18.3 Å². The summed E-state index contributed by atoms with van der Waals surface area (Å²) in [5.41, 5.74) is 4.38. The molecule has 1 aromatic heterocycles. The first-order valence-electron chi connectivity index (χ1n) is 11.3. The summed E-state index contributed by atoms with van der Waals surface area (Å²) in [4.78, 5) is 11.9. The van der Waals surface area contributed by atoms with Crippen LogP contribution in [0.2, 0.25) is 0 Å². The number of rotatable bonds is 4. The zero-order valence-electron chi connectivity index (χ0n) is 19.4. The van der Waals surface area contributed by atoms with Crippen molar-refractivity contribution >= 4 is 11.9 Å². The second-order valence-electron chi connectivity index (χ2n) is 8.66. The lowest BCUT2D eigenvalue weighted by Crippen LogP contribution is -2.44. The second-order valence-corrected chi connectivity index (χ2v) is 8.66. The van der Waals surface area contributed by atoms with Crippen LogP contribution in [0, 0.1) is 25.5 Å². The molecule has 6 nitrogen and oxygen atoms in total. The number of aromatic nitrogens is 2. The summed E-state index contributed by atoms with van der Waals surface area (Å²) < 4.78 is 36.1. The Morgan fingerprint density at radius 1 is 1.15 bits per heavy atom. The van der Waals surface area contributed by atoms with E-state index in [1.807, 2.05) is 35.9 Å². The summed E-state index contributed by atoms with van der Waals surface area (Å²) in [7, 11) is 1.64. The van der Waals surface area contributed by atoms with E-state index >= 15 is 0 Å². The molecule has 1 saturated heterocycles. The summed E-state index contributed by atoms with van der Waals surface area (Å²) in [6.45, 7) is 4.36. The maximum atomic E-state index is 14.3. The van der Waals surface area contributed by atoms with Crippen LogP contribution in [-0.2, 0) is 4.84 Å². The highest BCUT2D eigenvalue weighted by atomic mass is 19.1. The van der Waals surface area contributed by atoms with Gasteiger partial charge in [0.25, 0.3) is 0 Å². The average molecular weight is 465 g/mol. The molecule has 0 radical (unpaired) electrons. The molecule has 0 bridgehead atoms. The highest BCUT2D eigenvalue weighted by Gasteiger charge is 2.33. The molecule has 0 N–H and O–H groups in total. The highest BCUT2D eigenvalue weighted by Crippen LogP contribution is 2.34. The zero-order chi connectivity index (χ0) is 23.8. The highest BCUT2D eigenvalue weighted by molar-refractivity contribution is 6.03. The van der Waals surface area contributed by atoms with Crippen molar-refractivity contribution in [2.24, 2.45) is 5.16 Å². The van der Waals surface area contributed by atoms with Crippen molar-refractivity contribution in [3.63, 3.8) is 0 Å². The summed E-state index contributed by atoms with van der Waals surface area (Å²) in [5, 5.41) is 4.32. The van der Waals surface area contributed by atoms with Gasteiger partial charge in [0.05, 0.1) is 30.9 Å². The van der Waals surface area contributed by atoms with Crippen LogP contribution in [0.15, 0.2) is 53.6 Å². The normalized spacial score (nSPS) is 19.0. The minimum Gasteiger partial charge on any atom is -0.495 e. The molecule has 3 heterocycles. The van der Waals surface area contributed by atoms with E-state index in [2.05, 4.69) is 21.1 Å². The van der Waals surface area contributed by atoms with Crippen LogP contribution in [0.25, 0.3) is 11.8 Å². The van der Waals surface area contributed by atoms with Gasteiger partial charge in [0.15, 0.2) is 5.84 Å². The van der Waals surface area contributed by atoms with E-state index in [-0.39, 0.29) is 18.2 Å². The summed E-state index contributed by atoms with van der Waals surface area (Å²) in [6.07, 6.45) is 7.50. The molecule has 0 amide bonds. The molecule has 0 unspecified atom stereocenters. The van der Waals surface area contributed by atoms with Gasteiger partial charge in [-0.1, -0.05) is 11.2 Å². The zero-order valence-corrected chi connectivity index (χ0v) is 19.4. The van der Waals surface area contributed by atoms with E-state index in [1.54, 1.807) is 13.4 Å². The van der Waals surface area contributed by atoms with Gasteiger partial charge in [0.2, 0.25) is 0 Å². The smallest absolute Gasteiger partial charge is 0.172 e. The third-order valence-electron chi connectivity index (χ3n) is 6.39. The molecule has 1 atom stereocenters. The van der Waals surface area contributed by atoms with Crippen LogP contribution in [0.3, 0.4) is 0 Å². The van der Waals surface area contributed by atoms with Crippen LogP contribution in [-0.4, -0.2) is 40.5 Å². The summed E-state index contributed by atoms with van der Waals surface area (Å²) in [6, 6.07) is 8.48. The van der Waals surface area contributed by atoms with Crippen molar-refractivity contribution in [2.45, 2.75) is 32.7 Å². The van der Waals surface area contributed by atoms with E-state index in [1.165, 1.54) is 19.1 Å². The molecule has 2 aliphatic rings. The molecule has 8 heteroatoms. The first-order valence-corrected chi connectivity index (χ1v) is 11.3. The number of aryl methyl sites for hydroxylation is 1. The van der Waals surface area contributed by atoms with Crippen LogP contribution >= 0.6 is 0 Å². The van der Waals surface area contributed by atoms with Gasteiger partial charge in [0.1, 0.15) is 24.0 Å². The predicted octanol–water partition coefficient (Wildman–Crippen LogP) is 5.34. The number of fused-ring (bicyclic) bond motifs is 1. The fourth-order valence-corrected chi connectivity index (χ4v) is 4.54. The number of hydrogen-bond acceptors (Lipinski definition) is 5. The van der Waals surface area contributed by atoms with Gasteiger partial charge in [-0.05, 0) is 73.7 Å². The first-order chi connectivity index (χ1) is 16.4. The Labute approximate surface area is 197 Å². The van der Waals surface area contributed by atoms with Gasteiger partial charge >= 0.3 is 0 Å². The number of amidine groups is 1. The third kappa shape index (κ3) is 4.04. The minimum atomic E-state index is -0.549. The van der Waals surface area contributed by atoms with Crippen molar-refractivity contribution < 1.29 is 18.4 Å². The Morgan fingerprint density at radius 2 is 1.94 bits per heavy atom. The van der Waals surface area contributed by atoms with Gasteiger partial charge in [-0.2, -0.15) is 0 Å². The van der Waals surface area contributed by atoms with E-state index in [4.69, 9.17) is 9.57 Å². The monoisotopic (exact) mass is 464 g/mol. The predicted molar refractivity (Wildman–Crippen MR) is 126 cm³/mol. The molecular formula is C26H26F2N4O2. The van der Waals surface area contributed by atoms with E-state index in [0.29, 0.717) is 11.4 Å². The first kappa shape index (κ1) is 22.1. The van der Waals surface area contributed by atoms with Crippen LogP contribution in [0.1, 0.15) is 41.3 Å². The molecule has 34 heavy (non-hydrogen) atoms. The summed E-state index contributed by atoms with van der Waals surface area (Å²) in [5.74, 6) is 0.334. The number of oxime groups is 1. The molecule has 1 fully saturated rings.